The van der Waals surface area contributed by atoms with Gasteiger partial charge in [-0.3, -0.25) is 14.4 Å². The minimum Gasteiger partial charge on any atom is -0.480 e. The van der Waals surface area contributed by atoms with Crippen LogP contribution in [0.5, 0.6) is 0 Å². The summed E-state index contributed by atoms with van der Waals surface area (Å²) in [6.45, 7) is -1.67. The lowest BCUT2D eigenvalue weighted by molar-refractivity contribution is -0.142. The van der Waals surface area contributed by atoms with Crippen LogP contribution in [0.3, 0.4) is 0 Å². The minimum atomic E-state index is -1.54. The molecule has 0 spiro atoms. The molecule has 0 aliphatic heterocycles. The van der Waals surface area contributed by atoms with Crippen LogP contribution in [0.4, 0.5) is 0 Å². The number of hydrogen-bond donors (Lipinski definition) is 9. The number of carboxylic acids is 1. The Balaban J connectivity index is 1.59. The fourth-order valence-corrected chi connectivity index (χ4v) is 3.66. The zero-order valence-electron chi connectivity index (χ0n) is 19.7. The molecule has 0 radical (unpaired) electrons. The summed E-state index contributed by atoms with van der Waals surface area (Å²) in [5.74, 6) is -3.98. The smallest absolute Gasteiger partial charge is 0.326 e. The summed E-state index contributed by atoms with van der Waals surface area (Å²) in [4.78, 5) is 59.1. The van der Waals surface area contributed by atoms with Crippen molar-refractivity contribution in [3.05, 3.63) is 54.2 Å². The molecule has 10 N–H and O–H groups in total. The van der Waals surface area contributed by atoms with E-state index in [2.05, 4.69) is 30.9 Å². The molecule has 0 fully saturated rings. The standard InChI is InChI=1S/C23H29N7O7/c24-15(6-13-8-25-11-27-13)20(33)29-18(9-31)22(35)30-19(10-32)21(34)28-17(23(36)37)5-12-7-26-16-4-2-1-3-14(12)16/h1-4,7-8,11,15,17-19,26,31-32H,5-6,9-10,24H2,(H,25,27)(H,28,34)(H,29,33)(H,30,35)(H,36,37). The number of benzene rings is 1. The molecular weight excluding hydrogens is 486 g/mol. The second kappa shape index (κ2) is 12.6. The van der Waals surface area contributed by atoms with E-state index in [1.807, 2.05) is 18.2 Å². The third-order valence-corrected chi connectivity index (χ3v) is 5.68. The molecule has 0 saturated carbocycles. The maximum Gasteiger partial charge on any atom is 0.326 e. The molecule has 0 bridgehead atoms. The lowest BCUT2D eigenvalue weighted by atomic mass is 10.0. The number of aliphatic hydroxyl groups excluding tert-OH is 2. The summed E-state index contributed by atoms with van der Waals surface area (Å²) in [5, 5.41) is 36.5. The van der Waals surface area contributed by atoms with Crippen molar-refractivity contribution in [2.75, 3.05) is 13.2 Å². The molecule has 0 aliphatic carbocycles. The van der Waals surface area contributed by atoms with Crippen LogP contribution >= 0.6 is 0 Å². The van der Waals surface area contributed by atoms with Crippen molar-refractivity contribution in [3.8, 4) is 0 Å². The molecule has 4 unspecified atom stereocenters. The number of para-hydroxylation sites is 1. The number of nitrogens with zero attached hydrogens (tertiary/aromatic N) is 1. The molecule has 37 heavy (non-hydrogen) atoms. The van der Waals surface area contributed by atoms with Crippen LogP contribution in [0.2, 0.25) is 0 Å². The van der Waals surface area contributed by atoms with Crippen molar-refractivity contribution in [1.29, 1.82) is 0 Å². The molecule has 1 aromatic carbocycles. The molecule has 198 valence electrons. The van der Waals surface area contributed by atoms with Crippen LogP contribution in [0.25, 0.3) is 10.9 Å². The van der Waals surface area contributed by atoms with Crippen molar-refractivity contribution in [2.24, 2.45) is 5.73 Å². The second-order valence-electron chi connectivity index (χ2n) is 8.34. The molecular formula is C23H29N7O7. The minimum absolute atomic E-state index is 0.0548. The molecule has 4 atom stereocenters. The van der Waals surface area contributed by atoms with Crippen molar-refractivity contribution < 1.29 is 34.5 Å². The van der Waals surface area contributed by atoms with Gasteiger partial charge in [0.15, 0.2) is 0 Å². The topological polar surface area (TPSA) is 236 Å². The molecule has 0 saturated heterocycles. The normalized spacial score (nSPS) is 14.4. The van der Waals surface area contributed by atoms with Crippen LogP contribution in [-0.2, 0) is 32.0 Å². The zero-order valence-corrected chi connectivity index (χ0v) is 19.7. The summed E-state index contributed by atoms with van der Waals surface area (Å²) >= 11 is 0. The number of hydrogen-bond acceptors (Lipinski definition) is 8. The molecule has 0 aliphatic rings. The Hall–Kier alpha value is -4.27. The number of aliphatic hydroxyl groups is 2. The Bertz CT molecular complexity index is 1230. The highest BCUT2D eigenvalue weighted by Gasteiger charge is 2.30. The van der Waals surface area contributed by atoms with Crippen LogP contribution in [0, 0.1) is 0 Å². The molecule has 2 heterocycles. The predicted molar refractivity (Wildman–Crippen MR) is 130 cm³/mol. The van der Waals surface area contributed by atoms with Crippen LogP contribution < -0.4 is 21.7 Å². The number of carbonyl (C=O) groups excluding carboxylic acids is 3. The number of nitrogens with two attached hydrogens (primary N) is 1. The first kappa shape index (κ1) is 27.3. The van der Waals surface area contributed by atoms with Gasteiger partial charge in [0.25, 0.3) is 0 Å². The average molecular weight is 516 g/mol. The Labute approximate surface area is 210 Å². The summed E-state index contributed by atoms with van der Waals surface area (Å²) in [6.07, 6.45) is 4.58. The largest absolute Gasteiger partial charge is 0.480 e. The first-order chi connectivity index (χ1) is 17.7. The fraction of sp³-hybridized carbons (Fsp3) is 0.348. The van der Waals surface area contributed by atoms with Crippen molar-refractivity contribution >= 4 is 34.6 Å². The van der Waals surface area contributed by atoms with E-state index in [0.717, 1.165) is 10.9 Å². The van der Waals surface area contributed by atoms with Gasteiger partial charge in [-0.25, -0.2) is 9.78 Å². The van der Waals surface area contributed by atoms with Crippen LogP contribution in [0.1, 0.15) is 11.3 Å². The monoisotopic (exact) mass is 515 g/mol. The average Bonchev–Trinajstić information content (AvgIpc) is 3.54. The van der Waals surface area contributed by atoms with Gasteiger partial charge in [0.2, 0.25) is 17.7 Å². The Morgan fingerprint density at radius 1 is 0.892 bits per heavy atom. The number of fused-ring (bicyclic) bond motifs is 1. The third-order valence-electron chi connectivity index (χ3n) is 5.68. The van der Waals surface area contributed by atoms with E-state index >= 15 is 0 Å². The number of aromatic nitrogens is 3. The molecule has 14 heteroatoms. The lowest BCUT2D eigenvalue weighted by Crippen LogP contribution is -2.59. The Morgan fingerprint density at radius 2 is 1.51 bits per heavy atom. The second-order valence-corrected chi connectivity index (χ2v) is 8.34. The first-order valence-corrected chi connectivity index (χ1v) is 11.4. The van der Waals surface area contributed by atoms with Crippen molar-refractivity contribution in [1.82, 2.24) is 30.9 Å². The third kappa shape index (κ3) is 7.13. The molecule has 14 nitrogen and oxygen atoms in total. The van der Waals surface area contributed by atoms with Crippen molar-refractivity contribution in [2.45, 2.75) is 37.0 Å². The highest BCUT2D eigenvalue weighted by molar-refractivity contribution is 5.94. The van der Waals surface area contributed by atoms with E-state index in [1.165, 1.54) is 12.5 Å². The Morgan fingerprint density at radius 3 is 2.11 bits per heavy atom. The predicted octanol–water partition coefficient (Wildman–Crippen LogP) is -2.47. The molecule has 3 amide bonds. The quantitative estimate of drug-likeness (QED) is 0.117. The zero-order chi connectivity index (χ0) is 26.9. The van der Waals surface area contributed by atoms with E-state index < -0.39 is 61.1 Å². The number of aliphatic carboxylic acids is 1. The van der Waals surface area contributed by atoms with Gasteiger partial charge >= 0.3 is 5.97 Å². The van der Waals surface area contributed by atoms with E-state index in [9.17, 15) is 34.5 Å². The molecule has 3 aromatic rings. The molecule has 3 rings (SSSR count). The van der Waals surface area contributed by atoms with Crippen molar-refractivity contribution in [3.63, 3.8) is 0 Å². The van der Waals surface area contributed by atoms with Gasteiger partial charge in [-0.15, -0.1) is 0 Å². The van der Waals surface area contributed by atoms with Gasteiger partial charge in [0, 0.05) is 41.8 Å². The van der Waals surface area contributed by atoms with Gasteiger partial charge in [0.1, 0.15) is 18.1 Å². The number of carbonyl (C=O) groups is 4. The number of nitrogens with one attached hydrogen (secondary N) is 5. The maximum atomic E-state index is 12.7. The van der Waals surface area contributed by atoms with Gasteiger partial charge in [0.05, 0.1) is 25.6 Å². The van der Waals surface area contributed by atoms with E-state index in [0.29, 0.717) is 11.3 Å². The number of aromatic amines is 2. The summed E-state index contributed by atoms with van der Waals surface area (Å²) in [6, 6.07) is 1.83. The van der Waals surface area contributed by atoms with Crippen LogP contribution in [0.15, 0.2) is 43.0 Å². The number of amides is 3. The number of carboxylic acid groups (broad SMARTS) is 1. The number of rotatable bonds is 13. The summed E-state index contributed by atoms with van der Waals surface area (Å²) < 4.78 is 0. The maximum absolute atomic E-state index is 12.7. The van der Waals surface area contributed by atoms with Gasteiger partial charge < -0.3 is 47.0 Å². The number of H-pyrrole nitrogens is 2. The van der Waals surface area contributed by atoms with E-state index in [-0.39, 0.29) is 12.8 Å². The lowest BCUT2D eigenvalue weighted by Gasteiger charge is -2.23. The summed E-state index contributed by atoms with van der Waals surface area (Å²) in [7, 11) is 0. The first-order valence-electron chi connectivity index (χ1n) is 11.4. The van der Waals surface area contributed by atoms with Crippen LogP contribution in [-0.4, -0.2) is 91.3 Å². The van der Waals surface area contributed by atoms with Gasteiger partial charge in [-0.2, -0.15) is 0 Å². The molecule has 2 aromatic heterocycles. The SMILES string of the molecule is NC(Cc1cnc[nH]1)C(=O)NC(CO)C(=O)NC(CO)C(=O)NC(Cc1c[nH]c2ccccc12)C(=O)O. The highest BCUT2D eigenvalue weighted by atomic mass is 16.4. The van der Waals surface area contributed by atoms with E-state index in [1.54, 1.807) is 12.3 Å². The number of imidazole rings is 1. The van der Waals surface area contributed by atoms with Gasteiger partial charge in [-0.05, 0) is 11.6 Å². The summed E-state index contributed by atoms with van der Waals surface area (Å²) in [5.41, 5.74) is 7.87. The highest BCUT2D eigenvalue weighted by Crippen LogP contribution is 2.19. The van der Waals surface area contributed by atoms with E-state index in [4.69, 9.17) is 5.73 Å². The Kier molecular flexibility index (Phi) is 9.32. The van der Waals surface area contributed by atoms with Gasteiger partial charge in [-0.1, -0.05) is 18.2 Å². The fourth-order valence-electron chi connectivity index (χ4n) is 3.66.